The van der Waals surface area contributed by atoms with E-state index in [9.17, 15) is 4.79 Å². The first-order valence-corrected chi connectivity index (χ1v) is 5.84. The van der Waals surface area contributed by atoms with Crippen molar-refractivity contribution in [1.29, 1.82) is 0 Å². The van der Waals surface area contributed by atoms with Crippen molar-refractivity contribution in [2.45, 2.75) is 31.7 Å². The zero-order valence-corrected chi connectivity index (χ0v) is 9.85. The summed E-state index contributed by atoms with van der Waals surface area (Å²) in [5.41, 5.74) is 8.18. The number of benzene rings is 1. The molecule has 1 aromatic rings. The average molecular weight is 235 g/mol. The molecule has 0 fully saturated rings. The van der Waals surface area contributed by atoms with Crippen molar-refractivity contribution in [1.82, 2.24) is 0 Å². The maximum Gasteiger partial charge on any atom is 0.304 e. The molecule has 1 aromatic carbocycles. The minimum Gasteiger partial charge on any atom is -0.494 e. The van der Waals surface area contributed by atoms with E-state index in [0.29, 0.717) is 6.61 Å². The second kappa shape index (κ2) is 4.75. The molecule has 92 valence electrons. The minimum absolute atomic E-state index is 0.0711. The third kappa shape index (κ3) is 2.42. The second-order valence-electron chi connectivity index (χ2n) is 4.37. The molecule has 17 heavy (non-hydrogen) atoms. The van der Waals surface area contributed by atoms with Crippen molar-refractivity contribution in [3.8, 4) is 5.75 Å². The van der Waals surface area contributed by atoms with Gasteiger partial charge in [-0.15, -0.1) is 0 Å². The van der Waals surface area contributed by atoms with Crippen molar-refractivity contribution < 1.29 is 14.6 Å². The molecule has 1 aliphatic carbocycles. The Morgan fingerprint density at radius 1 is 1.59 bits per heavy atom. The highest BCUT2D eigenvalue weighted by atomic mass is 16.5. The molecule has 0 radical (unpaired) electrons. The van der Waals surface area contributed by atoms with Crippen LogP contribution in [-0.2, 0) is 11.2 Å². The van der Waals surface area contributed by atoms with Gasteiger partial charge in [0, 0.05) is 12.0 Å². The van der Waals surface area contributed by atoms with E-state index in [1.165, 1.54) is 0 Å². The van der Waals surface area contributed by atoms with E-state index < -0.39 is 5.97 Å². The molecule has 0 spiro atoms. The molecule has 0 saturated heterocycles. The van der Waals surface area contributed by atoms with Crippen LogP contribution in [0.25, 0.3) is 0 Å². The Balaban J connectivity index is 2.25. The Bertz CT molecular complexity index is 431. The molecule has 0 aromatic heterocycles. The van der Waals surface area contributed by atoms with Gasteiger partial charge in [-0.3, -0.25) is 4.79 Å². The molecule has 2 rings (SSSR count). The highest BCUT2D eigenvalue weighted by Gasteiger charge is 2.31. The summed E-state index contributed by atoms with van der Waals surface area (Å²) in [5.74, 6) is -0.0419. The van der Waals surface area contributed by atoms with Gasteiger partial charge in [0.1, 0.15) is 5.75 Å². The number of carboxylic acid groups (broad SMARTS) is 1. The number of hydrogen-bond acceptors (Lipinski definition) is 3. The third-order valence-corrected chi connectivity index (χ3v) is 3.19. The lowest BCUT2D eigenvalue weighted by atomic mass is 9.95. The second-order valence-corrected chi connectivity index (χ2v) is 4.37. The summed E-state index contributed by atoms with van der Waals surface area (Å²) >= 11 is 0. The lowest BCUT2D eigenvalue weighted by Gasteiger charge is -2.14. The topological polar surface area (TPSA) is 72.5 Å². The van der Waals surface area contributed by atoms with Crippen LogP contribution in [0.2, 0.25) is 0 Å². The van der Waals surface area contributed by atoms with Crippen molar-refractivity contribution in [2.75, 3.05) is 6.61 Å². The minimum atomic E-state index is -0.799. The van der Waals surface area contributed by atoms with E-state index in [4.69, 9.17) is 15.6 Å². The smallest absolute Gasteiger partial charge is 0.304 e. The molecule has 3 N–H and O–H groups in total. The van der Waals surface area contributed by atoms with Gasteiger partial charge in [-0.2, -0.15) is 0 Å². The van der Waals surface area contributed by atoms with E-state index in [0.717, 1.165) is 23.3 Å². The van der Waals surface area contributed by atoms with E-state index in [2.05, 4.69) is 0 Å². The Labute approximate surface area is 100 Å². The summed E-state index contributed by atoms with van der Waals surface area (Å²) in [6, 6.07) is 5.70. The molecule has 2 atom stereocenters. The molecule has 1 aliphatic rings. The Morgan fingerprint density at radius 3 is 3.00 bits per heavy atom. The summed E-state index contributed by atoms with van der Waals surface area (Å²) in [4.78, 5) is 10.8. The lowest BCUT2D eigenvalue weighted by Crippen LogP contribution is -2.26. The zero-order chi connectivity index (χ0) is 12.4. The van der Waals surface area contributed by atoms with Crippen molar-refractivity contribution in [2.24, 2.45) is 5.73 Å². The number of hydrogen-bond donors (Lipinski definition) is 2. The van der Waals surface area contributed by atoms with Crippen LogP contribution in [0.5, 0.6) is 5.75 Å². The highest BCUT2D eigenvalue weighted by Crippen LogP contribution is 2.36. The first-order valence-electron chi connectivity index (χ1n) is 5.84. The van der Waals surface area contributed by atoms with Gasteiger partial charge < -0.3 is 15.6 Å². The zero-order valence-electron chi connectivity index (χ0n) is 9.85. The van der Waals surface area contributed by atoms with Crippen molar-refractivity contribution >= 4 is 5.97 Å². The van der Waals surface area contributed by atoms with Crippen molar-refractivity contribution in [3.05, 3.63) is 29.3 Å². The number of rotatable bonds is 4. The van der Waals surface area contributed by atoms with Crippen LogP contribution >= 0.6 is 0 Å². The standard InChI is InChI=1S/C13H17NO3/c1-2-17-9-3-4-10-8(5-9)6-12(14)11(10)7-13(15)16/h3-5,11-12H,2,6-7,14H2,1H3,(H,15,16). The quantitative estimate of drug-likeness (QED) is 0.830. The predicted octanol–water partition coefficient (Wildman–Crippen LogP) is 1.53. The first-order chi connectivity index (χ1) is 8.11. The number of nitrogens with two attached hydrogens (primary N) is 1. The van der Waals surface area contributed by atoms with Gasteiger partial charge >= 0.3 is 5.97 Å². The third-order valence-electron chi connectivity index (χ3n) is 3.19. The number of carboxylic acids is 1. The summed E-state index contributed by atoms with van der Waals surface area (Å²) in [7, 11) is 0. The molecular formula is C13H17NO3. The maximum atomic E-state index is 10.8. The van der Waals surface area contributed by atoms with Crippen LogP contribution < -0.4 is 10.5 Å². The normalized spacial score (nSPS) is 22.2. The molecule has 2 unspecified atom stereocenters. The van der Waals surface area contributed by atoms with E-state index >= 15 is 0 Å². The SMILES string of the molecule is CCOc1ccc2c(c1)CC(N)C2CC(=O)O. The summed E-state index contributed by atoms with van der Waals surface area (Å²) in [5, 5.41) is 8.88. The first kappa shape index (κ1) is 11.9. The van der Waals surface area contributed by atoms with Gasteiger partial charge in [-0.05, 0) is 36.6 Å². The fourth-order valence-corrected chi connectivity index (χ4v) is 2.45. The van der Waals surface area contributed by atoms with Crippen LogP contribution in [0.3, 0.4) is 0 Å². The molecule has 0 saturated carbocycles. The lowest BCUT2D eigenvalue weighted by molar-refractivity contribution is -0.137. The van der Waals surface area contributed by atoms with Gasteiger partial charge in [0.15, 0.2) is 0 Å². The van der Waals surface area contributed by atoms with E-state index in [1.807, 2.05) is 25.1 Å². The van der Waals surface area contributed by atoms with Crippen molar-refractivity contribution in [3.63, 3.8) is 0 Å². The fraction of sp³-hybridized carbons (Fsp3) is 0.462. The van der Waals surface area contributed by atoms with Crippen LogP contribution in [0.4, 0.5) is 0 Å². The number of ether oxygens (including phenoxy) is 1. The molecule has 4 heteroatoms. The highest BCUT2D eigenvalue weighted by molar-refractivity contribution is 5.69. The van der Waals surface area contributed by atoms with Crippen LogP contribution in [0, 0.1) is 0 Å². The Kier molecular flexibility index (Phi) is 3.33. The molecule has 0 aliphatic heterocycles. The van der Waals surface area contributed by atoms with Gasteiger partial charge in [0.25, 0.3) is 0 Å². The Hall–Kier alpha value is -1.55. The van der Waals surface area contributed by atoms with Crippen LogP contribution in [-0.4, -0.2) is 23.7 Å². The van der Waals surface area contributed by atoms with E-state index in [1.54, 1.807) is 0 Å². The molecule has 4 nitrogen and oxygen atoms in total. The molecular weight excluding hydrogens is 218 g/mol. The maximum absolute atomic E-state index is 10.8. The molecule has 0 bridgehead atoms. The monoisotopic (exact) mass is 235 g/mol. The summed E-state index contributed by atoms with van der Waals surface area (Å²) in [6.07, 6.45) is 0.830. The van der Waals surface area contributed by atoms with Crippen LogP contribution in [0.1, 0.15) is 30.4 Å². The number of carbonyl (C=O) groups is 1. The van der Waals surface area contributed by atoms with E-state index in [-0.39, 0.29) is 18.4 Å². The Morgan fingerprint density at radius 2 is 2.35 bits per heavy atom. The molecule has 0 amide bonds. The van der Waals surface area contributed by atoms with Gasteiger partial charge in [0.2, 0.25) is 0 Å². The summed E-state index contributed by atoms with van der Waals surface area (Å²) < 4.78 is 5.43. The largest absolute Gasteiger partial charge is 0.494 e. The van der Waals surface area contributed by atoms with Gasteiger partial charge in [0.05, 0.1) is 13.0 Å². The summed E-state index contributed by atoms with van der Waals surface area (Å²) in [6.45, 7) is 2.57. The predicted molar refractivity (Wildman–Crippen MR) is 64.3 cm³/mol. The van der Waals surface area contributed by atoms with Gasteiger partial charge in [-0.1, -0.05) is 6.07 Å². The van der Waals surface area contributed by atoms with Crippen LogP contribution in [0.15, 0.2) is 18.2 Å². The molecule has 0 heterocycles. The van der Waals surface area contributed by atoms with Gasteiger partial charge in [-0.25, -0.2) is 0 Å². The fourth-order valence-electron chi connectivity index (χ4n) is 2.45. The average Bonchev–Trinajstić information content (AvgIpc) is 2.55. The number of fused-ring (bicyclic) bond motifs is 1. The number of aliphatic carboxylic acids is 1.